The molecule has 6 heteroatoms. The fourth-order valence-corrected chi connectivity index (χ4v) is 4.56. The Labute approximate surface area is 213 Å². The van der Waals surface area contributed by atoms with Crippen molar-refractivity contribution in [2.24, 2.45) is 0 Å². The number of carbonyl (C=O) groups is 1. The van der Waals surface area contributed by atoms with E-state index in [0.29, 0.717) is 47.5 Å². The third-order valence-electron chi connectivity index (χ3n) is 6.12. The summed E-state index contributed by atoms with van der Waals surface area (Å²) in [5.41, 5.74) is 12.5. The molecule has 0 heterocycles. The predicted molar refractivity (Wildman–Crippen MR) is 147 cm³/mol. The van der Waals surface area contributed by atoms with E-state index >= 15 is 0 Å². The highest BCUT2D eigenvalue weighted by Crippen LogP contribution is 2.34. The van der Waals surface area contributed by atoms with Crippen LogP contribution in [0.5, 0.6) is 0 Å². The number of halogens is 2. The molecular formula is C28H33Cl2N3O. The molecule has 0 bridgehead atoms. The van der Waals surface area contributed by atoms with Gasteiger partial charge in [0, 0.05) is 28.0 Å². The number of nitrogens with zero attached hydrogens (tertiary/aromatic N) is 1. The van der Waals surface area contributed by atoms with Crippen LogP contribution in [-0.4, -0.2) is 12.6 Å². The molecule has 0 atom stereocenters. The summed E-state index contributed by atoms with van der Waals surface area (Å²) in [6.07, 6.45) is 2.07. The minimum atomic E-state index is -0.211. The topological polar surface area (TPSA) is 58.4 Å². The minimum absolute atomic E-state index is 0.211. The Morgan fingerprint density at radius 2 is 1.59 bits per heavy atom. The Morgan fingerprint density at radius 1 is 0.971 bits per heavy atom. The van der Waals surface area contributed by atoms with E-state index in [1.807, 2.05) is 50.2 Å². The van der Waals surface area contributed by atoms with Gasteiger partial charge in [-0.05, 0) is 77.8 Å². The molecule has 0 spiro atoms. The number of hydrogen-bond donors (Lipinski definition) is 2. The van der Waals surface area contributed by atoms with E-state index in [0.717, 1.165) is 28.1 Å². The third kappa shape index (κ3) is 6.05. The van der Waals surface area contributed by atoms with Crippen LogP contribution in [0.2, 0.25) is 10.0 Å². The molecule has 0 fully saturated rings. The summed E-state index contributed by atoms with van der Waals surface area (Å²) in [5, 5.41) is 4.41. The number of rotatable bonds is 8. The van der Waals surface area contributed by atoms with Gasteiger partial charge in [0.15, 0.2) is 0 Å². The maximum atomic E-state index is 13.7. The Hall–Kier alpha value is -2.69. The van der Waals surface area contributed by atoms with Crippen molar-refractivity contribution in [2.75, 3.05) is 22.5 Å². The Bertz CT molecular complexity index is 1100. The normalized spacial score (nSPS) is 11.0. The lowest BCUT2D eigenvalue weighted by atomic mass is 10.0. The summed E-state index contributed by atoms with van der Waals surface area (Å²) in [6.45, 7) is 8.87. The van der Waals surface area contributed by atoms with Crippen LogP contribution < -0.4 is 16.0 Å². The van der Waals surface area contributed by atoms with Crippen LogP contribution in [0, 0.1) is 0 Å². The van der Waals surface area contributed by atoms with Crippen molar-refractivity contribution in [3.63, 3.8) is 0 Å². The zero-order valence-electron chi connectivity index (χ0n) is 20.3. The second-order valence-corrected chi connectivity index (χ2v) is 9.53. The van der Waals surface area contributed by atoms with Gasteiger partial charge in [-0.15, -0.1) is 0 Å². The molecule has 34 heavy (non-hydrogen) atoms. The van der Waals surface area contributed by atoms with E-state index in [4.69, 9.17) is 28.9 Å². The fraction of sp³-hybridized carbons (Fsp3) is 0.321. The summed E-state index contributed by atoms with van der Waals surface area (Å²) in [5.74, 6) is 0.416. The molecule has 0 radical (unpaired) electrons. The van der Waals surface area contributed by atoms with E-state index in [-0.39, 0.29) is 6.03 Å². The van der Waals surface area contributed by atoms with Crippen molar-refractivity contribution in [3.8, 4) is 0 Å². The van der Waals surface area contributed by atoms with E-state index in [1.54, 1.807) is 11.0 Å². The number of nitrogen functional groups attached to an aromatic ring is 1. The molecule has 0 saturated carbocycles. The number of anilines is 3. The Morgan fingerprint density at radius 3 is 2.15 bits per heavy atom. The molecule has 3 rings (SSSR count). The molecular weight excluding hydrogens is 465 g/mol. The predicted octanol–water partition coefficient (Wildman–Crippen LogP) is 8.11. The van der Waals surface area contributed by atoms with Gasteiger partial charge < -0.3 is 11.1 Å². The second kappa shape index (κ2) is 11.6. The van der Waals surface area contributed by atoms with Crippen molar-refractivity contribution in [1.29, 1.82) is 0 Å². The number of amides is 2. The summed E-state index contributed by atoms with van der Waals surface area (Å²) in [4.78, 5) is 15.4. The van der Waals surface area contributed by atoms with E-state index in [2.05, 4.69) is 31.3 Å². The van der Waals surface area contributed by atoms with Gasteiger partial charge in [0.1, 0.15) is 0 Å². The number of nitrogens with two attached hydrogens (primary N) is 1. The monoisotopic (exact) mass is 497 g/mol. The number of urea groups is 1. The average Bonchev–Trinajstić information content (AvgIpc) is 2.81. The van der Waals surface area contributed by atoms with Gasteiger partial charge in [0.05, 0.1) is 5.69 Å². The molecule has 3 aromatic carbocycles. The van der Waals surface area contributed by atoms with Gasteiger partial charge in [-0.3, -0.25) is 4.90 Å². The molecule has 0 aliphatic rings. The van der Waals surface area contributed by atoms with Crippen LogP contribution in [0.4, 0.5) is 21.9 Å². The molecule has 0 unspecified atom stereocenters. The van der Waals surface area contributed by atoms with Crippen molar-refractivity contribution in [2.45, 2.75) is 52.9 Å². The minimum Gasteiger partial charge on any atom is -0.398 e. The van der Waals surface area contributed by atoms with Crippen LogP contribution in [0.3, 0.4) is 0 Å². The van der Waals surface area contributed by atoms with Gasteiger partial charge >= 0.3 is 6.03 Å². The molecule has 3 aromatic rings. The van der Waals surface area contributed by atoms with Gasteiger partial charge in [0.25, 0.3) is 0 Å². The van der Waals surface area contributed by atoms with E-state index in [9.17, 15) is 4.79 Å². The van der Waals surface area contributed by atoms with E-state index in [1.165, 1.54) is 5.56 Å². The Kier molecular flexibility index (Phi) is 8.87. The zero-order chi connectivity index (χ0) is 24.8. The highest BCUT2D eigenvalue weighted by molar-refractivity contribution is 6.32. The van der Waals surface area contributed by atoms with E-state index < -0.39 is 0 Å². The van der Waals surface area contributed by atoms with Crippen molar-refractivity contribution in [3.05, 3.63) is 86.9 Å². The molecule has 3 N–H and O–H groups in total. The van der Waals surface area contributed by atoms with Gasteiger partial charge in [0.2, 0.25) is 0 Å². The standard InChI is InChI=1S/C28H33Cl2N3O/c1-5-23-25(30)17-26(31)24(6-2)27(23)32-28(34)33(16-15-19-7-11-21(29)12-8-19)22-13-9-20(10-14-22)18(3)4/h7-14,17-18H,5-6,15-16,31H2,1-4H3,(H,32,34). The lowest BCUT2D eigenvalue weighted by Crippen LogP contribution is -2.37. The van der Waals surface area contributed by atoms with Crippen LogP contribution in [0.1, 0.15) is 55.9 Å². The van der Waals surface area contributed by atoms with Gasteiger partial charge in [-0.25, -0.2) is 4.79 Å². The number of nitrogens with one attached hydrogen (secondary N) is 1. The van der Waals surface area contributed by atoms with Crippen LogP contribution in [-0.2, 0) is 19.3 Å². The molecule has 0 aromatic heterocycles. The van der Waals surface area contributed by atoms with Crippen molar-refractivity contribution in [1.82, 2.24) is 0 Å². The quantitative estimate of drug-likeness (QED) is 0.308. The molecule has 180 valence electrons. The molecule has 2 amide bonds. The van der Waals surface area contributed by atoms with Gasteiger partial charge in [-0.1, -0.05) is 75.2 Å². The number of benzene rings is 3. The summed E-state index contributed by atoms with van der Waals surface area (Å²) < 4.78 is 0. The van der Waals surface area contributed by atoms with Crippen LogP contribution >= 0.6 is 23.2 Å². The molecule has 0 aliphatic carbocycles. The maximum Gasteiger partial charge on any atom is 0.326 e. The van der Waals surface area contributed by atoms with Crippen molar-refractivity contribution >= 4 is 46.3 Å². The number of hydrogen-bond acceptors (Lipinski definition) is 2. The lowest BCUT2D eigenvalue weighted by Gasteiger charge is -2.26. The van der Waals surface area contributed by atoms with Crippen LogP contribution in [0.25, 0.3) is 0 Å². The van der Waals surface area contributed by atoms with Crippen LogP contribution in [0.15, 0.2) is 54.6 Å². The SMILES string of the molecule is CCc1c(N)cc(Cl)c(CC)c1NC(=O)N(CCc1ccc(Cl)cc1)c1ccc(C(C)C)cc1. The maximum absolute atomic E-state index is 13.7. The first kappa shape index (κ1) is 25.9. The smallest absolute Gasteiger partial charge is 0.326 e. The molecule has 0 saturated heterocycles. The second-order valence-electron chi connectivity index (χ2n) is 8.69. The number of carbonyl (C=O) groups excluding carboxylic acids is 1. The first-order valence-electron chi connectivity index (χ1n) is 11.8. The molecule has 0 aliphatic heterocycles. The highest BCUT2D eigenvalue weighted by Gasteiger charge is 2.21. The van der Waals surface area contributed by atoms with Gasteiger partial charge in [-0.2, -0.15) is 0 Å². The third-order valence-corrected chi connectivity index (χ3v) is 6.70. The summed E-state index contributed by atoms with van der Waals surface area (Å²) in [7, 11) is 0. The Balaban J connectivity index is 1.95. The first-order chi connectivity index (χ1) is 16.2. The van der Waals surface area contributed by atoms with Crippen molar-refractivity contribution < 1.29 is 4.79 Å². The largest absolute Gasteiger partial charge is 0.398 e. The highest BCUT2D eigenvalue weighted by atomic mass is 35.5. The average molecular weight is 498 g/mol. The first-order valence-corrected chi connectivity index (χ1v) is 12.5. The lowest BCUT2D eigenvalue weighted by molar-refractivity contribution is 0.257. The fourth-order valence-electron chi connectivity index (χ4n) is 4.09. The zero-order valence-corrected chi connectivity index (χ0v) is 21.8. The molecule has 4 nitrogen and oxygen atoms in total. The summed E-state index contributed by atoms with van der Waals surface area (Å²) >= 11 is 12.5. The summed E-state index contributed by atoms with van der Waals surface area (Å²) in [6, 6.07) is 17.4.